The molecule has 1 atom stereocenters. The van der Waals surface area contributed by atoms with Crippen LogP contribution in [-0.2, 0) is 4.74 Å². The second-order valence-electron chi connectivity index (χ2n) is 4.68. The van der Waals surface area contributed by atoms with E-state index in [9.17, 15) is 15.2 Å². The summed E-state index contributed by atoms with van der Waals surface area (Å²) in [6.07, 6.45) is 2.12. The Hall–Kier alpha value is -2.00. The minimum atomic E-state index is -0.489. The number of nitro groups is 1. The molecule has 0 amide bonds. The summed E-state index contributed by atoms with van der Waals surface area (Å²) in [4.78, 5) is 20.6. The quantitative estimate of drug-likeness (QED) is 0.573. The lowest BCUT2D eigenvalue weighted by molar-refractivity contribution is -0.383. The number of aliphatic hydroxyl groups excluding tert-OH is 1. The van der Waals surface area contributed by atoms with Crippen LogP contribution in [0.3, 0.4) is 0 Å². The molecule has 0 radical (unpaired) electrons. The van der Waals surface area contributed by atoms with E-state index in [-0.39, 0.29) is 30.0 Å². The average molecular weight is 297 g/mol. The van der Waals surface area contributed by atoms with Crippen LogP contribution in [-0.4, -0.2) is 58.9 Å². The fraction of sp³-hybridized carbons (Fsp3) is 0.667. The van der Waals surface area contributed by atoms with E-state index in [2.05, 4.69) is 15.3 Å². The molecule has 2 N–H and O–H groups in total. The van der Waals surface area contributed by atoms with Crippen LogP contribution in [0.1, 0.15) is 13.3 Å². The van der Waals surface area contributed by atoms with E-state index >= 15 is 0 Å². The molecular formula is C12H19N5O4. The molecule has 1 saturated heterocycles. The molecule has 2 rings (SSSR count). The molecule has 1 unspecified atom stereocenters. The number of morpholine rings is 1. The topological polar surface area (TPSA) is 114 Å². The number of nitrogens with zero attached hydrogens (tertiary/aromatic N) is 4. The zero-order valence-corrected chi connectivity index (χ0v) is 11.9. The van der Waals surface area contributed by atoms with E-state index in [0.29, 0.717) is 26.3 Å². The van der Waals surface area contributed by atoms with Gasteiger partial charge in [0.25, 0.3) is 0 Å². The van der Waals surface area contributed by atoms with Crippen LogP contribution in [0.25, 0.3) is 0 Å². The summed E-state index contributed by atoms with van der Waals surface area (Å²) >= 11 is 0. The zero-order chi connectivity index (χ0) is 15.2. The molecule has 0 saturated carbocycles. The number of anilines is 2. The molecule has 1 aromatic rings. The first kappa shape index (κ1) is 15.4. The number of aliphatic hydroxyl groups is 1. The first-order chi connectivity index (χ1) is 10.2. The van der Waals surface area contributed by atoms with Crippen molar-refractivity contribution in [3.63, 3.8) is 0 Å². The molecule has 1 aromatic heterocycles. The van der Waals surface area contributed by atoms with Gasteiger partial charge in [0.1, 0.15) is 6.33 Å². The van der Waals surface area contributed by atoms with Gasteiger partial charge in [0.15, 0.2) is 0 Å². The molecule has 0 aliphatic carbocycles. The summed E-state index contributed by atoms with van der Waals surface area (Å²) in [5, 5.41) is 23.8. The summed E-state index contributed by atoms with van der Waals surface area (Å²) in [5.41, 5.74) is -0.161. The van der Waals surface area contributed by atoms with Crippen molar-refractivity contribution in [2.45, 2.75) is 19.4 Å². The molecule has 9 nitrogen and oxygen atoms in total. The fourth-order valence-electron chi connectivity index (χ4n) is 2.21. The average Bonchev–Trinajstić information content (AvgIpc) is 2.52. The van der Waals surface area contributed by atoms with Crippen LogP contribution in [0.2, 0.25) is 0 Å². The molecule has 0 spiro atoms. The molecule has 2 heterocycles. The van der Waals surface area contributed by atoms with Crippen LogP contribution in [0.15, 0.2) is 6.33 Å². The molecule has 1 aliphatic rings. The van der Waals surface area contributed by atoms with Crippen molar-refractivity contribution < 1.29 is 14.8 Å². The van der Waals surface area contributed by atoms with Crippen molar-refractivity contribution in [2.75, 3.05) is 43.1 Å². The largest absolute Gasteiger partial charge is 0.394 e. The van der Waals surface area contributed by atoms with Crippen molar-refractivity contribution in [3.8, 4) is 0 Å². The summed E-state index contributed by atoms with van der Waals surface area (Å²) in [6, 6.07) is -0.341. The van der Waals surface area contributed by atoms with Gasteiger partial charge in [-0.2, -0.15) is 0 Å². The predicted octanol–water partition coefficient (Wildman–Crippen LogP) is 0.404. The van der Waals surface area contributed by atoms with Crippen LogP contribution in [0.5, 0.6) is 0 Å². The first-order valence-corrected chi connectivity index (χ1v) is 6.87. The van der Waals surface area contributed by atoms with Gasteiger partial charge in [0.05, 0.1) is 30.8 Å². The van der Waals surface area contributed by atoms with Crippen LogP contribution < -0.4 is 10.2 Å². The Balaban J connectivity index is 2.39. The first-order valence-electron chi connectivity index (χ1n) is 6.87. The van der Waals surface area contributed by atoms with E-state index in [1.807, 2.05) is 6.92 Å². The zero-order valence-electron chi connectivity index (χ0n) is 11.9. The summed E-state index contributed by atoms with van der Waals surface area (Å²) in [7, 11) is 0. The molecular weight excluding hydrogens is 278 g/mol. The third-order valence-electron chi connectivity index (χ3n) is 3.24. The van der Waals surface area contributed by atoms with Gasteiger partial charge in [0.2, 0.25) is 11.6 Å². The maximum atomic E-state index is 11.4. The van der Waals surface area contributed by atoms with E-state index in [1.165, 1.54) is 6.33 Å². The summed E-state index contributed by atoms with van der Waals surface area (Å²) < 4.78 is 5.29. The second kappa shape index (κ2) is 7.14. The Kier molecular flexibility index (Phi) is 5.23. The lowest BCUT2D eigenvalue weighted by Gasteiger charge is -2.34. The summed E-state index contributed by atoms with van der Waals surface area (Å²) in [6.45, 7) is 3.59. The molecule has 1 aliphatic heterocycles. The number of hydrogen-bond acceptors (Lipinski definition) is 8. The van der Waals surface area contributed by atoms with Crippen molar-refractivity contribution in [3.05, 3.63) is 16.4 Å². The van der Waals surface area contributed by atoms with Gasteiger partial charge in [-0.15, -0.1) is 0 Å². The molecule has 116 valence electrons. The van der Waals surface area contributed by atoms with Crippen molar-refractivity contribution >= 4 is 17.3 Å². The highest BCUT2D eigenvalue weighted by molar-refractivity contribution is 5.70. The SMILES string of the molecule is CCCNc1ncnc(N2CCOCC2CO)c1[N+](=O)[O-]. The number of rotatable bonds is 6. The molecule has 1 fully saturated rings. The van der Waals surface area contributed by atoms with Gasteiger partial charge in [-0.3, -0.25) is 10.1 Å². The highest BCUT2D eigenvalue weighted by Gasteiger charge is 2.32. The summed E-state index contributed by atoms with van der Waals surface area (Å²) in [5.74, 6) is 0.422. The number of aromatic nitrogens is 2. The van der Waals surface area contributed by atoms with E-state index in [1.54, 1.807) is 4.90 Å². The van der Waals surface area contributed by atoms with E-state index in [0.717, 1.165) is 6.42 Å². The maximum absolute atomic E-state index is 11.4. The van der Waals surface area contributed by atoms with Crippen LogP contribution >= 0.6 is 0 Å². The van der Waals surface area contributed by atoms with Crippen molar-refractivity contribution in [1.29, 1.82) is 0 Å². The Morgan fingerprint density at radius 2 is 2.43 bits per heavy atom. The van der Waals surface area contributed by atoms with Gasteiger partial charge in [-0.05, 0) is 6.42 Å². The Morgan fingerprint density at radius 3 is 3.10 bits per heavy atom. The Morgan fingerprint density at radius 1 is 1.62 bits per heavy atom. The number of hydrogen-bond donors (Lipinski definition) is 2. The van der Waals surface area contributed by atoms with Crippen LogP contribution in [0.4, 0.5) is 17.3 Å². The minimum Gasteiger partial charge on any atom is -0.394 e. The standard InChI is InChI=1S/C12H19N5O4/c1-2-3-13-11-10(17(19)20)12(15-8-14-11)16-4-5-21-7-9(16)6-18/h8-9,18H,2-7H2,1H3,(H,13,14,15). The van der Waals surface area contributed by atoms with Crippen molar-refractivity contribution in [1.82, 2.24) is 9.97 Å². The van der Waals surface area contributed by atoms with Gasteiger partial charge in [-0.1, -0.05) is 6.92 Å². The lowest BCUT2D eigenvalue weighted by Crippen LogP contribution is -2.48. The predicted molar refractivity (Wildman–Crippen MR) is 76.5 cm³/mol. The minimum absolute atomic E-state index is 0.154. The van der Waals surface area contributed by atoms with E-state index < -0.39 is 4.92 Å². The highest BCUT2D eigenvalue weighted by Crippen LogP contribution is 2.33. The van der Waals surface area contributed by atoms with Crippen LogP contribution in [0, 0.1) is 10.1 Å². The highest BCUT2D eigenvalue weighted by atomic mass is 16.6. The molecule has 21 heavy (non-hydrogen) atoms. The Labute approximate surface area is 122 Å². The number of nitrogens with one attached hydrogen (secondary N) is 1. The van der Waals surface area contributed by atoms with Gasteiger partial charge in [-0.25, -0.2) is 9.97 Å². The number of ether oxygens (including phenoxy) is 1. The maximum Gasteiger partial charge on any atom is 0.353 e. The van der Waals surface area contributed by atoms with Gasteiger partial charge in [0, 0.05) is 13.1 Å². The second-order valence-corrected chi connectivity index (χ2v) is 4.68. The van der Waals surface area contributed by atoms with Crippen molar-refractivity contribution in [2.24, 2.45) is 0 Å². The smallest absolute Gasteiger partial charge is 0.353 e. The monoisotopic (exact) mass is 297 g/mol. The lowest BCUT2D eigenvalue weighted by atomic mass is 10.2. The molecule has 0 aromatic carbocycles. The van der Waals surface area contributed by atoms with Gasteiger partial charge >= 0.3 is 5.69 Å². The Bertz CT molecular complexity index is 499. The molecule has 0 bridgehead atoms. The third kappa shape index (κ3) is 3.37. The third-order valence-corrected chi connectivity index (χ3v) is 3.24. The van der Waals surface area contributed by atoms with E-state index in [4.69, 9.17) is 4.74 Å². The molecule has 9 heteroatoms. The fourth-order valence-corrected chi connectivity index (χ4v) is 2.21. The normalized spacial score (nSPS) is 18.6. The van der Waals surface area contributed by atoms with Gasteiger partial charge < -0.3 is 20.1 Å².